The van der Waals surface area contributed by atoms with Gasteiger partial charge in [0.25, 0.3) is 0 Å². The van der Waals surface area contributed by atoms with Crippen LogP contribution in [0.2, 0.25) is 0 Å². The Bertz CT molecular complexity index is 3490. The van der Waals surface area contributed by atoms with Gasteiger partial charge in [-0.2, -0.15) is 0 Å². The van der Waals surface area contributed by atoms with Crippen LogP contribution in [-0.2, 0) is 5.41 Å². The van der Waals surface area contributed by atoms with Gasteiger partial charge >= 0.3 is 0 Å². The van der Waals surface area contributed by atoms with Gasteiger partial charge < -0.3 is 9.80 Å². The summed E-state index contributed by atoms with van der Waals surface area (Å²) in [7, 11) is 0. The highest BCUT2D eigenvalue weighted by molar-refractivity contribution is 6.11. The first-order valence-corrected chi connectivity index (χ1v) is 28.6. The van der Waals surface area contributed by atoms with Crippen molar-refractivity contribution >= 4 is 55.7 Å². The minimum atomic E-state index is -0.583. The van der Waals surface area contributed by atoms with E-state index in [1.54, 1.807) is 0 Å². The molecule has 0 saturated heterocycles. The lowest BCUT2D eigenvalue weighted by Crippen LogP contribution is -2.27. The van der Waals surface area contributed by atoms with E-state index in [1.807, 2.05) is 0 Å². The Labute approximate surface area is 459 Å². The third kappa shape index (κ3) is 8.12. The summed E-state index contributed by atoms with van der Waals surface area (Å²) in [5.74, 6) is 2.35. The van der Waals surface area contributed by atoms with Crippen molar-refractivity contribution in [2.45, 2.75) is 124 Å². The van der Waals surface area contributed by atoms with Crippen LogP contribution < -0.4 is 9.80 Å². The molecule has 0 radical (unpaired) electrons. The monoisotopic (exact) mass is 1000 g/mol. The Hall–Kier alpha value is -7.68. The lowest BCUT2D eigenvalue weighted by Gasteiger charge is -2.34. The van der Waals surface area contributed by atoms with E-state index in [0.717, 1.165) is 34.1 Å². The zero-order valence-corrected chi connectivity index (χ0v) is 47.3. The molecular formula is C75H74N2. The van der Waals surface area contributed by atoms with Crippen LogP contribution in [0.1, 0.15) is 174 Å². The first-order valence-electron chi connectivity index (χ1n) is 28.6. The molecule has 2 aliphatic rings. The molecule has 2 aliphatic carbocycles. The molecule has 0 unspecified atom stereocenters. The number of hydrogen-bond acceptors (Lipinski definition) is 2. The Kier molecular flexibility index (Phi) is 12.6. The molecule has 0 aliphatic heterocycles. The van der Waals surface area contributed by atoms with Crippen molar-refractivity contribution in [3.05, 3.63) is 250 Å². The number of hydrogen-bond donors (Lipinski definition) is 0. The first kappa shape index (κ1) is 50.2. The molecule has 77 heavy (non-hydrogen) atoms. The van der Waals surface area contributed by atoms with Gasteiger partial charge in [0.05, 0.1) is 5.41 Å². The first-order chi connectivity index (χ1) is 37.1. The Morgan fingerprint density at radius 3 is 0.831 bits per heavy atom. The van der Waals surface area contributed by atoms with Crippen LogP contribution >= 0.6 is 0 Å². The summed E-state index contributed by atoms with van der Waals surface area (Å²) in [4.78, 5) is 4.94. The Morgan fingerprint density at radius 2 is 0.545 bits per heavy atom. The largest absolute Gasteiger partial charge is 0.310 e. The second-order valence-corrected chi connectivity index (χ2v) is 24.0. The molecule has 2 nitrogen and oxygen atoms in total. The molecule has 0 bridgehead atoms. The Balaban J connectivity index is 1.14. The van der Waals surface area contributed by atoms with E-state index in [0.29, 0.717) is 23.7 Å². The number of benzene rings is 10. The van der Waals surface area contributed by atoms with E-state index in [1.165, 1.54) is 99.4 Å². The van der Waals surface area contributed by atoms with Crippen LogP contribution in [0.3, 0.4) is 0 Å². The van der Waals surface area contributed by atoms with Gasteiger partial charge in [-0.3, -0.25) is 0 Å². The predicted octanol–water partition coefficient (Wildman–Crippen LogP) is 22.0. The predicted molar refractivity (Wildman–Crippen MR) is 332 cm³/mol. The molecule has 12 rings (SSSR count). The Morgan fingerprint density at radius 1 is 0.260 bits per heavy atom. The smallest absolute Gasteiger partial charge is 0.0737 e. The van der Waals surface area contributed by atoms with Crippen molar-refractivity contribution in [1.29, 1.82) is 0 Å². The molecule has 0 atom stereocenters. The van der Waals surface area contributed by atoms with Crippen LogP contribution in [0.25, 0.3) is 43.8 Å². The van der Waals surface area contributed by atoms with E-state index in [9.17, 15) is 0 Å². The summed E-state index contributed by atoms with van der Waals surface area (Å²) in [6.45, 7) is 27.7. The summed E-state index contributed by atoms with van der Waals surface area (Å²) in [5.41, 5.74) is 25.4. The highest BCUT2D eigenvalue weighted by atomic mass is 15.1. The molecule has 0 heterocycles. The maximum Gasteiger partial charge on any atom is 0.0737 e. The average Bonchev–Trinajstić information content (AvgIpc) is 3.92. The molecule has 0 saturated carbocycles. The van der Waals surface area contributed by atoms with Gasteiger partial charge in [0.15, 0.2) is 0 Å². The summed E-state index contributed by atoms with van der Waals surface area (Å²) in [6, 6.07) is 75.6. The second-order valence-electron chi connectivity index (χ2n) is 24.0. The third-order valence-electron chi connectivity index (χ3n) is 17.3. The van der Waals surface area contributed by atoms with Crippen LogP contribution in [0.5, 0.6) is 0 Å². The highest BCUT2D eigenvalue weighted by Crippen LogP contribution is 2.66. The molecule has 0 aromatic heterocycles. The molecular weight excluding hydrogens is 929 g/mol. The van der Waals surface area contributed by atoms with Crippen LogP contribution in [-0.4, -0.2) is 0 Å². The van der Waals surface area contributed by atoms with E-state index in [-0.39, 0.29) is 11.8 Å². The summed E-state index contributed by atoms with van der Waals surface area (Å²) in [5, 5.41) is 5.26. The summed E-state index contributed by atoms with van der Waals surface area (Å²) in [6.07, 6.45) is 0. The van der Waals surface area contributed by atoms with Crippen molar-refractivity contribution in [1.82, 2.24) is 0 Å². The quantitative estimate of drug-likeness (QED) is 0.120. The van der Waals surface area contributed by atoms with Crippen molar-refractivity contribution in [3.63, 3.8) is 0 Å². The van der Waals surface area contributed by atoms with E-state index >= 15 is 0 Å². The SMILES string of the molecule is CC(C)c1ccc(N(c2ccc(C(C)C)cc2)c2ccc3c4c(cc(C(C)C)c3c2)-c2cc(C(C)C)c3cc(N(c5ccc(C(C)C)cc5)c5ccc(C(C)C)cc5)ccc3c2C42c3ccccc3-c3ccccc32)cc1. The zero-order valence-electron chi connectivity index (χ0n) is 47.3. The molecule has 384 valence electrons. The lowest BCUT2D eigenvalue weighted by molar-refractivity contribution is 0.806. The molecule has 10 aromatic carbocycles. The van der Waals surface area contributed by atoms with Crippen LogP contribution in [0.15, 0.2) is 194 Å². The lowest BCUT2D eigenvalue weighted by atomic mass is 9.67. The summed E-state index contributed by atoms with van der Waals surface area (Å²) >= 11 is 0. The normalized spacial score (nSPS) is 13.2. The van der Waals surface area contributed by atoms with Crippen molar-refractivity contribution in [3.8, 4) is 22.3 Å². The minimum Gasteiger partial charge on any atom is -0.310 e. The maximum absolute atomic E-state index is 2.61. The van der Waals surface area contributed by atoms with Gasteiger partial charge in [0, 0.05) is 34.1 Å². The fourth-order valence-electron chi connectivity index (χ4n) is 13.2. The number of fused-ring (bicyclic) bond motifs is 14. The zero-order chi connectivity index (χ0) is 53.6. The van der Waals surface area contributed by atoms with E-state index in [2.05, 4.69) is 287 Å². The molecule has 0 fully saturated rings. The highest BCUT2D eigenvalue weighted by Gasteiger charge is 2.54. The van der Waals surface area contributed by atoms with Gasteiger partial charge in [0.2, 0.25) is 0 Å². The summed E-state index contributed by atoms with van der Waals surface area (Å²) < 4.78 is 0. The number of rotatable bonds is 12. The van der Waals surface area contributed by atoms with E-state index in [4.69, 9.17) is 0 Å². The number of anilines is 6. The molecule has 1 spiro atoms. The fraction of sp³-hybridized carbons (Fsp3) is 0.253. The third-order valence-corrected chi connectivity index (χ3v) is 17.3. The maximum atomic E-state index is 2.61. The standard InChI is InChI=1S/C75H74N2/c1-45(2)51-21-29-55(30-22-51)76(56-31-23-52(24-32-56)46(3)4)59-37-39-63-67(41-59)65(49(9)10)43-69-70-44-66(50(11)12)68-42-60(77(57-33-25-53(26-34-57)47(5)6)58-35-27-54(28-36-58)48(7)8)38-40-64(68)74(70)75(73(63)69)71-19-15-13-17-61(71)62-18-14-16-20-72(62)75/h13-50H,1-12H3. The van der Waals surface area contributed by atoms with Crippen LogP contribution in [0, 0.1) is 0 Å². The molecule has 0 N–H and O–H groups in total. The van der Waals surface area contributed by atoms with Gasteiger partial charge in [0.1, 0.15) is 0 Å². The van der Waals surface area contributed by atoms with Crippen molar-refractivity contribution in [2.75, 3.05) is 9.80 Å². The molecule has 2 heteroatoms. The second kappa shape index (κ2) is 19.4. The van der Waals surface area contributed by atoms with Crippen molar-refractivity contribution < 1.29 is 0 Å². The van der Waals surface area contributed by atoms with Gasteiger partial charge in [-0.15, -0.1) is 0 Å². The van der Waals surface area contributed by atoms with Crippen molar-refractivity contribution in [2.24, 2.45) is 0 Å². The average molecular weight is 1000 g/mol. The molecule has 10 aromatic rings. The van der Waals surface area contributed by atoms with E-state index < -0.39 is 5.41 Å². The minimum absolute atomic E-state index is 0.271. The fourth-order valence-corrected chi connectivity index (χ4v) is 13.2. The molecule has 0 amide bonds. The van der Waals surface area contributed by atoms with Crippen LogP contribution in [0.4, 0.5) is 34.1 Å². The van der Waals surface area contributed by atoms with Gasteiger partial charge in [-0.25, -0.2) is 0 Å². The topological polar surface area (TPSA) is 6.48 Å². The van der Waals surface area contributed by atoms with Gasteiger partial charge in [-0.1, -0.05) is 192 Å². The number of nitrogens with zero attached hydrogens (tertiary/aromatic N) is 2. The van der Waals surface area contributed by atoms with Gasteiger partial charge in [-0.05, 0) is 220 Å².